The molecule has 44 heavy (non-hydrogen) atoms. The largest absolute Gasteiger partial charge is 0.444 e. The minimum atomic E-state index is -1.06. The molecule has 3 radical (unpaired) electrons. The van der Waals surface area contributed by atoms with Crippen LogP contribution in [-0.2, 0) is 19.1 Å². The summed E-state index contributed by atoms with van der Waals surface area (Å²) in [6, 6.07) is 0. The van der Waals surface area contributed by atoms with Gasteiger partial charge < -0.3 is 40.7 Å². The zero-order valence-corrected chi connectivity index (χ0v) is 42.3. The van der Waals surface area contributed by atoms with Crippen LogP contribution in [-0.4, -0.2) is 94.6 Å². The minimum absolute atomic E-state index is 0. The molecule has 1 saturated heterocycles. The van der Waals surface area contributed by atoms with Gasteiger partial charge in [-0.3, -0.25) is 9.59 Å². The van der Waals surface area contributed by atoms with Crippen molar-refractivity contribution >= 4 is 29.7 Å². The quantitative estimate of drug-likeness (QED) is 0.101. The Morgan fingerprint density at radius 1 is 0.750 bits per heavy atom. The number of nitrogens with one attached hydrogen (secondary N) is 3. The number of rotatable bonds is 20. The van der Waals surface area contributed by atoms with E-state index in [9.17, 15) is 29.7 Å². The van der Waals surface area contributed by atoms with Crippen LogP contribution in [0.25, 0.3) is 0 Å². The SMILES string of the molecule is CC1[C@H](SCCCCCNC(=O)CCCCCNC(=O)CCCCCNC(=O)OC(C)(C)C)OC(CO)[C@H](O)[C@H]1O.[Ac].[Ac].[Ac]. The molecule has 11 nitrogen and oxygen atoms in total. The Morgan fingerprint density at radius 2 is 1.23 bits per heavy atom. The van der Waals surface area contributed by atoms with E-state index in [1.54, 1.807) is 11.8 Å². The van der Waals surface area contributed by atoms with Gasteiger partial charge in [0.05, 0.1) is 12.7 Å². The molecule has 0 bridgehead atoms. The third kappa shape index (κ3) is 25.7. The van der Waals surface area contributed by atoms with Gasteiger partial charge in [0.1, 0.15) is 23.2 Å². The molecular formula is C29H55Ac3N3O8S. The third-order valence-corrected chi connectivity index (χ3v) is 8.16. The molecule has 0 aromatic rings. The van der Waals surface area contributed by atoms with Gasteiger partial charge in [-0.2, -0.15) is 0 Å². The van der Waals surface area contributed by atoms with Crippen LogP contribution in [0, 0.1) is 138 Å². The molecule has 1 rings (SSSR count). The second-order valence-corrected chi connectivity index (χ2v) is 13.0. The summed E-state index contributed by atoms with van der Waals surface area (Å²) < 4.78 is 10.9. The average Bonchev–Trinajstić information content (AvgIpc) is 2.90. The maximum Gasteiger partial charge on any atom is 0.407 e. The van der Waals surface area contributed by atoms with E-state index >= 15 is 0 Å². The number of unbranched alkanes of at least 4 members (excludes halogenated alkanes) is 6. The van der Waals surface area contributed by atoms with Crippen LogP contribution < -0.4 is 16.0 Å². The first kappa shape index (κ1) is 51.1. The molecule has 0 spiro atoms. The van der Waals surface area contributed by atoms with Crippen molar-refractivity contribution in [1.29, 1.82) is 0 Å². The topological polar surface area (TPSA) is 166 Å². The fourth-order valence-corrected chi connectivity index (χ4v) is 5.61. The Bertz CT molecular complexity index is 766. The molecule has 1 aliphatic heterocycles. The molecular weight excluding hydrogens is 1230 g/mol. The van der Waals surface area contributed by atoms with Gasteiger partial charge >= 0.3 is 6.09 Å². The van der Waals surface area contributed by atoms with E-state index in [-0.39, 0.29) is 162 Å². The molecule has 1 heterocycles. The summed E-state index contributed by atoms with van der Waals surface area (Å²) in [5.41, 5.74) is -0.765. The molecule has 0 aliphatic carbocycles. The Balaban J connectivity index is -0.00000560. The van der Waals surface area contributed by atoms with Gasteiger partial charge in [0.15, 0.2) is 0 Å². The average molecular weight is 1290 g/mol. The van der Waals surface area contributed by atoms with Crippen LogP contribution in [0.4, 0.5) is 4.79 Å². The second kappa shape index (κ2) is 30.5. The van der Waals surface area contributed by atoms with Gasteiger partial charge in [0, 0.05) is 171 Å². The van der Waals surface area contributed by atoms with Crippen LogP contribution >= 0.6 is 11.8 Å². The number of hydrogen-bond donors (Lipinski definition) is 6. The van der Waals surface area contributed by atoms with Crippen molar-refractivity contribution in [1.82, 2.24) is 16.0 Å². The Hall–Kier alpha value is 2.72. The number of amides is 3. The van der Waals surface area contributed by atoms with Crippen molar-refractivity contribution in [3.63, 3.8) is 0 Å². The Kier molecular flexibility index (Phi) is 35.5. The first-order valence-corrected chi connectivity index (χ1v) is 16.2. The second-order valence-electron chi connectivity index (χ2n) is 11.7. The molecule has 249 valence electrons. The Labute approximate surface area is 376 Å². The van der Waals surface area contributed by atoms with E-state index in [2.05, 4.69) is 16.0 Å². The fourth-order valence-electron chi connectivity index (χ4n) is 4.33. The first-order chi connectivity index (χ1) is 19.4. The first-order valence-electron chi connectivity index (χ1n) is 15.2. The van der Waals surface area contributed by atoms with E-state index in [0.29, 0.717) is 32.5 Å². The number of alkyl carbamates (subject to hydrolysis) is 1. The Morgan fingerprint density at radius 3 is 1.70 bits per heavy atom. The number of ether oxygens (including phenoxy) is 2. The molecule has 6 N–H and O–H groups in total. The van der Waals surface area contributed by atoms with Gasteiger partial charge in [-0.1, -0.05) is 26.2 Å². The van der Waals surface area contributed by atoms with Crippen LogP contribution in [0.2, 0.25) is 0 Å². The molecule has 5 atom stereocenters. The van der Waals surface area contributed by atoms with Crippen molar-refractivity contribution in [2.24, 2.45) is 5.92 Å². The maximum absolute atomic E-state index is 12.0. The molecule has 1 aliphatic rings. The van der Waals surface area contributed by atoms with E-state index in [4.69, 9.17) is 9.47 Å². The molecule has 15 heteroatoms. The molecule has 2 unspecified atom stereocenters. The van der Waals surface area contributed by atoms with Crippen molar-refractivity contribution < 1.29 is 171 Å². The summed E-state index contributed by atoms with van der Waals surface area (Å²) in [6.07, 6.45) is 5.56. The molecule has 0 aromatic heterocycles. The summed E-state index contributed by atoms with van der Waals surface area (Å²) in [5.74, 6) is 0.712. The predicted molar refractivity (Wildman–Crippen MR) is 160 cm³/mol. The smallest absolute Gasteiger partial charge is 0.407 e. The van der Waals surface area contributed by atoms with Crippen LogP contribution in [0.5, 0.6) is 0 Å². The van der Waals surface area contributed by atoms with Crippen LogP contribution in [0.3, 0.4) is 0 Å². The van der Waals surface area contributed by atoms with Crippen LogP contribution in [0.1, 0.15) is 98.3 Å². The third-order valence-electron chi connectivity index (χ3n) is 6.76. The normalized spacial score (nSPS) is 21.1. The van der Waals surface area contributed by atoms with E-state index in [0.717, 1.165) is 63.5 Å². The van der Waals surface area contributed by atoms with Gasteiger partial charge in [-0.25, -0.2) is 4.79 Å². The zero-order chi connectivity index (χ0) is 30.7. The monoisotopic (exact) mass is 1290 g/mol. The summed E-state index contributed by atoms with van der Waals surface area (Å²) >= 11 is 1.59. The molecule has 0 aromatic carbocycles. The minimum Gasteiger partial charge on any atom is -0.444 e. The molecule has 3 amide bonds. The van der Waals surface area contributed by atoms with Gasteiger partial charge in [0.2, 0.25) is 11.8 Å². The maximum atomic E-state index is 12.0. The number of thioether (sulfide) groups is 1. The summed E-state index contributed by atoms with van der Waals surface area (Å²) in [7, 11) is 0. The number of aliphatic hydroxyl groups is 3. The molecule has 1 fully saturated rings. The van der Waals surface area contributed by atoms with E-state index < -0.39 is 30.0 Å². The van der Waals surface area contributed by atoms with Crippen molar-refractivity contribution in [2.45, 2.75) is 128 Å². The number of aliphatic hydroxyl groups excluding tert-OH is 3. The van der Waals surface area contributed by atoms with Crippen molar-refractivity contribution in [2.75, 3.05) is 32.0 Å². The summed E-state index contributed by atoms with van der Waals surface area (Å²) in [5, 5.41) is 38.0. The standard InChI is InChI=1S/C29H55N3O8S.3Ac/c1-21-25(36)26(37)22(20-33)39-27(21)41-19-13-7-12-17-31-24(35)14-8-5-10-16-30-23(34)15-9-6-11-18-32-28(38)40-29(2,3)4;;;/h21-22,25-27,33,36-37H,5-20H2,1-4H3,(H,30,34)(H,31,35)(H,32,38);;;/t21?,22?,25-,26-,27-;;;/m0.../s1. The van der Waals surface area contributed by atoms with Crippen LogP contribution in [0.15, 0.2) is 0 Å². The number of carbonyl (C=O) groups excluding carboxylic acids is 3. The number of carbonyl (C=O) groups is 3. The predicted octanol–water partition coefficient (Wildman–Crippen LogP) is 2.84. The van der Waals surface area contributed by atoms with Gasteiger partial charge in [0.25, 0.3) is 0 Å². The van der Waals surface area contributed by atoms with Gasteiger partial charge in [-0.05, 0) is 65.0 Å². The van der Waals surface area contributed by atoms with Crippen molar-refractivity contribution in [3.05, 3.63) is 0 Å². The van der Waals surface area contributed by atoms with E-state index in [1.165, 1.54) is 0 Å². The van der Waals surface area contributed by atoms with E-state index in [1.807, 2.05) is 27.7 Å². The zero-order valence-electron chi connectivity index (χ0n) is 27.2. The van der Waals surface area contributed by atoms with Crippen molar-refractivity contribution in [3.8, 4) is 0 Å². The fraction of sp³-hybridized carbons (Fsp3) is 0.897. The summed E-state index contributed by atoms with van der Waals surface area (Å²) in [4.78, 5) is 35.5. The van der Waals surface area contributed by atoms with Gasteiger partial charge in [-0.15, -0.1) is 11.8 Å². The molecule has 0 saturated carbocycles. The summed E-state index contributed by atoms with van der Waals surface area (Å²) in [6.45, 7) is 8.77. The number of hydrogen-bond acceptors (Lipinski definition) is 9.